The Kier molecular flexibility index (Phi) is 5.92. The highest BCUT2D eigenvalue weighted by Crippen LogP contribution is 2.38. The largest absolute Gasteiger partial charge is 0.419 e. The number of amides is 1. The molecule has 1 amide bonds. The fourth-order valence-corrected chi connectivity index (χ4v) is 3.40. The monoisotopic (exact) mass is 412 g/mol. The van der Waals surface area contributed by atoms with Crippen molar-refractivity contribution in [1.82, 2.24) is 4.90 Å². The van der Waals surface area contributed by atoms with Gasteiger partial charge in [0.15, 0.2) is 0 Å². The first-order chi connectivity index (χ1) is 13.6. The summed E-state index contributed by atoms with van der Waals surface area (Å²) in [6, 6.07) is 6.94. The number of hydrogen-bond acceptors (Lipinski definition) is 4. The maximum Gasteiger partial charge on any atom is 0.419 e. The fourth-order valence-electron chi connectivity index (χ4n) is 3.40. The highest BCUT2D eigenvalue weighted by Gasteiger charge is 2.35. The predicted molar refractivity (Wildman–Crippen MR) is 97.6 cm³/mol. The lowest BCUT2D eigenvalue weighted by atomic mass is 10.1. The number of benzene rings is 2. The quantitative estimate of drug-likeness (QED) is 0.731. The van der Waals surface area contributed by atoms with Gasteiger partial charge in [-0.2, -0.15) is 13.2 Å². The Bertz CT molecular complexity index is 917. The van der Waals surface area contributed by atoms with Crippen LogP contribution in [-0.4, -0.2) is 35.7 Å². The van der Waals surface area contributed by atoms with Crippen LogP contribution in [0.3, 0.4) is 0 Å². The summed E-state index contributed by atoms with van der Waals surface area (Å²) in [6.07, 6.45) is -5.80. The fraction of sp³-hybridized carbons (Fsp3) is 0.350. The Morgan fingerprint density at radius 1 is 1.34 bits per heavy atom. The molecule has 2 aromatic carbocycles. The molecular weight excluding hydrogens is 392 g/mol. The number of fused-ring (bicyclic) bond motifs is 1. The minimum absolute atomic E-state index is 0.0996. The molecule has 3 rings (SSSR count). The van der Waals surface area contributed by atoms with E-state index in [4.69, 9.17) is 4.74 Å². The molecule has 0 saturated carbocycles. The van der Waals surface area contributed by atoms with Crippen LogP contribution in [-0.2, 0) is 17.5 Å². The number of hydrogen-bond donors (Lipinski definition) is 2. The standard InChI is InChI=1S/C20H20F4N2O3/c1-11(10-29-2)26-9-14-13(19(26)28)4-3-5-17(14)25-18(27)12-6-7-16(21)15(8-12)20(22,23)24/h3-8,11,19,28H,9-10H2,1-2H3,(H,25,27). The molecular formula is C20H20F4N2O3. The van der Waals surface area contributed by atoms with Crippen LogP contribution in [0, 0.1) is 5.82 Å². The minimum Gasteiger partial charge on any atom is -0.383 e. The van der Waals surface area contributed by atoms with Crippen LogP contribution in [0.2, 0.25) is 0 Å². The second kappa shape index (κ2) is 8.10. The van der Waals surface area contributed by atoms with E-state index in [1.165, 1.54) is 0 Å². The summed E-state index contributed by atoms with van der Waals surface area (Å²) in [6.45, 7) is 2.60. The van der Waals surface area contributed by atoms with Crippen molar-refractivity contribution in [2.75, 3.05) is 19.0 Å². The van der Waals surface area contributed by atoms with Gasteiger partial charge < -0.3 is 15.2 Å². The number of halogens is 4. The summed E-state index contributed by atoms with van der Waals surface area (Å²) < 4.78 is 57.3. The molecule has 0 fully saturated rings. The van der Waals surface area contributed by atoms with Crippen LogP contribution in [0.1, 0.15) is 40.2 Å². The SMILES string of the molecule is COCC(C)N1Cc2c(NC(=O)c3ccc(F)c(C(F)(F)F)c3)cccc2C1O. The normalized spacial score (nSPS) is 17.8. The van der Waals surface area contributed by atoms with E-state index in [0.29, 0.717) is 42.1 Å². The van der Waals surface area contributed by atoms with Crippen LogP contribution in [0.25, 0.3) is 0 Å². The van der Waals surface area contributed by atoms with Gasteiger partial charge in [-0.3, -0.25) is 9.69 Å². The smallest absolute Gasteiger partial charge is 0.383 e. The van der Waals surface area contributed by atoms with Gasteiger partial charge in [-0.05, 0) is 36.8 Å². The maximum absolute atomic E-state index is 13.5. The van der Waals surface area contributed by atoms with E-state index in [0.717, 1.165) is 6.07 Å². The summed E-state index contributed by atoms with van der Waals surface area (Å²) in [5, 5.41) is 13.1. The Balaban J connectivity index is 1.86. The number of aliphatic hydroxyl groups is 1. The third-order valence-corrected chi connectivity index (χ3v) is 4.90. The van der Waals surface area contributed by atoms with Crippen molar-refractivity contribution in [2.24, 2.45) is 0 Å². The van der Waals surface area contributed by atoms with Gasteiger partial charge in [-0.25, -0.2) is 4.39 Å². The van der Waals surface area contributed by atoms with Crippen molar-refractivity contribution in [1.29, 1.82) is 0 Å². The van der Waals surface area contributed by atoms with Crippen molar-refractivity contribution < 1.29 is 32.2 Å². The molecule has 2 unspecified atom stereocenters. The lowest BCUT2D eigenvalue weighted by molar-refractivity contribution is -0.140. The van der Waals surface area contributed by atoms with E-state index < -0.39 is 29.7 Å². The molecule has 1 aliphatic heterocycles. The number of ether oxygens (including phenoxy) is 1. The number of alkyl halides is 3. The molecule has 9 heteroatoms. The van der Waals surface area contributed by atoms with Gasteiger partial charge in [0, 0.05) is 36.5 Å². The molecule has 156 valence electrons. The van der Waals surface area contributed by atoms with E-state index in [1.54, 1.807) is 30.2 Å². The van der Waals surface area contributed by atoms with Crippen molar-refractivity contribution in [3.8, 4) is 0 Å². The van der Waals surface area contributed by atoms with E-state index in [-0.39, 0.29) is 11.6 Å². The number of rotatable bonds is 5. The third kappa shape index (κ3) is 4.26. The van der Waals surface area contributed by atoms with Gasteiger partial charge in [-0.1, -0.05) is 12.1 Å². The molecule has 1 heterocycles. The van der Waals surface area contributed by atoms with Crippen molar-refractivity contribution in [3.63, 3.8) is 0 Å². The van der Waals surface area contributed by atoms with Crippen LogP contribution in [0.15, 0.2) is 36.4 Å². The molecule has 29 heavy (non-hydrogen) atoms. The molecule has 2 N–H and O–H groups in total. The van der Waals surface area contributed by atoms with Crippen LogP contribution >= 0.6 is 0 Å². The number of aliphatic hydroxyl groups excluding tert-OH is 1. The minimum atomic E-state index is -4.91. The van der Waals surface area contributed by atoms with Gasteiger partial charge in [0.2, 0.25) is 0 Å². The highest BCUT2D eigenvalue weighted by atomic mass is 19.4. The van der Waals surface area contributed by atoms with Crippen molar-refractivity contribution >= 4 is 11.6 Å². The van der Waals surface area contributed by atoms with Gasteiger partial charge in [0.1, 0.15) is 12.0 Å². The van der Waals surface area contributed by atoms with Crippen molar-refractivity contribution in [3.05, 3.63) is 64.5 Å². The lowest BCUT2D eigenvalue weighted by Crippen LogP contribution is -2.34. The zero-order valence-corrected chi connectivity index (χ0v) is 15.8. The van der Waals surface area contributed by atoms with Crippen LogP contribution in [0.5, 0.6) is 0 Å². The summed E-state index contributed by atoms with van der Waals surface area (Å²) in [7, 11) is 1.55. The predicted octanol–water partition coefficient (Wildman–Crippen LogP) is 3.94. The van der Waals surface area contributed by atoms with E-state index in [9.17, 15) is 27.5 Å². The molecule has 0 bridgehead atoms. The Hall–Kier alpha value is -2.49. The number of carbonyl (C=O) groups is 1. The Labute approximate surface area is 164 Å². The van der Waals surface area contributed by atoms with E-state index >= 15 is 0 Å². The second-order valence-electron chi connectivity index (χ2n) is 6.87. The maximum atomic E-state index is 13.5. The number of carbonyl (C=O) groups excluding carboxylic acids is 1. The molecule has 2 atom stereocenters. The second-order valence-corrected chi connectivity index (χ2v) is 6.87. The molecule has 0 radical (unpaired) electrons. The highest BCUT2D eigenvalue weighted by molar-refractivity contribution is 6.04. The van der Waals surface area contributed by atoms with E-state index in [2.05, 4.69) is 5.32 Å². The van der Waals surface area contributed by atoms with Gasteiger partial charge >= 0.3 is 6.18 Å². The summed E-state index contributed by atoms with van der Waals surface area (Å²) in [4.78, 5) is 14.3. The van der Waals surface area contributed by atoms with Crippen LogP contribution in [0.4, 0.5) is 23.2 Å². The van der Waals surface area contributed by atoms with Crippen molar-refractivity contribution in [2.45, 2.75) is 31.9 Å². The van der Waals surface area contributed by atoms with Gasteiger partial charge in [-0.15, -0.1) is 0 Å². The zero-order valence-electron chi connectivity index (χ0n) is 15.8. The number of nitrogens with zero attached hydrogens (tertiary/aromatic N) is 1. The summed E-state index contributed by atoms with van der Waals surface area (Å²) in [5.74, 6) is -2.25. The molecule has 0 aromatic heterocycles. The Morgan fingerprint density at radius 2 is 2.07 bits per heavy atom. The first-order valence-corrected chi connectivity index (χ1v) is 8.86. The lowest BCUT2D eigenvalue weighted by Gasteiger charge is -2.26. The first-order valence-electron chi connectivity index (χ1n) is 8.86. The molecule has 0 aliphatic carbocycles. The van der Waals surface area contributed by atoms with Gasteiger partial charge in [0.05, 0.1) is 12.2 Å². The average Bonchev–Trinajstić information content (AvgIpc) is 2.99. The van der Waals surface area contributed by atoms with E-state index in [1.807, 2.05) is 6.92 Å². The molecule has 5 nitrogen and oxygen atoms in total. The number of anilines is 1. The topological polar surface area (TPSA) is 61.8 Å². The van der Waals surface area contributed by atoms with Gasteiger partial charge in [0.25, 0.3) is 5.91 Å². The molecule has 2 aromatic rings. The molecule has 0 spiro atoms. The first kappa shape index (κ1) is 21.2. The number of methoxy groups -OCH3 is 1. The third-order valence-electron chi connectivity index (χ3n) is 4.90. The molecule has 1 aliphatic rings. The summed E-state index contributed by atoms with van der Waals surface area (Å²) >= 11 is 0. The van der Waals surface area contributed by atoms with Crippen LogP contribution < -0.4 is 5.32 Å². The summed E-state index contributed by atoms with van der Waals surface area (Å²) in [5.41, 5.74) is -0.190. The number of nitrogens with one attached hydrogen (secondary N) is 1. The Morgan fingerprint density at radius 3 is 2.72 bits per heavy atom. The zero-order chi connectivity index (χ0) is 21.3. The molecule has 0 saturated heterocycles. The average molecular weight is 412 g/mol.